The third-order valence-electron chi connectivity index (χ3n) is 2.74. The first-order valence-corrected chi connectivity index (χ1v) is 5.74. The van der Waals surface area contributed by atoms with Gasteiger partial charge >= 0.3 is 0 Å². The molecular formula is C13H19FN2O. The lowest BCUT2D eigenvalue weighted by atomic mass is 10.1. The van der Waals surface area contributed by atoms with Gasteiger partial charge in [0.15, 0.2) is 0 Å². The summed E-state index contributed by atoms with van der Waals surface area (Å²) in [7, 11) is 0. The van der Waals surface area contributed by atoms with Gasteiger partial charge in [-0.05, 0) is 37.0 Å². The van der Waals surface area contributed by atoms with Gasteiger partial charge in [0.25, 0.3) is 0 Å². The van der Waals surface area contributed by atoms with E-state index in [1.54, 1.807) is 26.0 Å². The number of halogens is 1. The molecule has 0 fully saturated rings. The van der Waals surface area contributed by atoms with E-state index in [9.17, 15) is 9.18 Å². The molecule has 4 heteroatoms. The zero-order valence-corrected chi connectivity index (χ0v) is 10.5. The van der Waals surface area contributed by atoms with Crippen molar-refractivity contribution >= 4 is 5.91 Å². The quantitative estimate of drug-likeness (QED) is 0.840. The van der Waals surface area contributed by atoms with Gasteiger partial charge in [-0.1, -0.05) is 19.1 Å². The van der Waals surface area contributed by atoms with Crippen LogP contribution < -0.4 is 11.1 Å². The smallest absolute Gasteiger partial charge is 0.237 e. The van der Waals surface area contributed by atoms with Crippen molar-refractivity contribution in [3.05, 3.63) is 34.6 Å². The molecule has 17 heavy (non-hydrogen) atoms. The fourth-order valence-corrected chi connectivity index (χ4v) is 1.64. The van der Waals surface area contributed by atoms with Crippen LogP contribution in [-0.2, 0) is 11.3 Å². The molecule has 1 amide bonds. The van der Waals surface area contributed by atoms with Crippen molar-refractivity contribution in [3.63, 3.8) is 0 Å². The molecule has 0 unspecified atom stereocenters. The molecule has 3 N–H and O–H groups in total. The van der Waals surface area contributed by atoms with Crippen molar-refractivity contribution in [3.8, 4) is 0 Å². The van der Waals surface area contributed by atoms with Gasteiger partial charge in [0, 0.05) is 6.54 Å². The summed E-state index contributed by atoms with van der Waals surface area (Å²) < 4.78 is 13.4. The number of nitrogens with two attached hydrogens (primary N) is 1. The molecule has 1 rings (SSSR count). The molecule has 0 saturated heterocycles. The number of carbonyl (C=O) groups excluding carboxylic acids is 1. The highest BCUT2D eigenvalue weighted by molar-refractivity contribution is 5.81. The van der Waals surface area contributed by atoms with E-state index in [2.05, 4.69) is 5.32 Å². The Balaban J connectivity index is 2.67. The average molecular weight is 238 g/mol. The van der Waals surface area contributed by atoms with Crippen molar-refractivity contribution in [2.24, 2.45) is 5.73 Å². The molecule has 0 saturated carbocycles. The van der Waals surface area contributed by atoms with Crippen molar-refractivity contribution in [1.29, 1.82) is 0 Å². The Morgan fingerprint density at radius 2 is 1.94 bits per heavy atom. The Morgan fingerprint density at radius 3 is 2.41 bits per heavy atom. The number of hydrogen-bond donors (Lipinski definition) is 2. The van der Waals surface area contributed by atoms with Crippen molar-refractivity contribution < 1.29 is 9.18 Å². The van der Waals surface area contributed by atoms with Gasteiger partial charge in [-0.3, -0.25) is 4.79 Å². The predicted molar refractivity (Wildman–Crippen MR) is 66.0 cm³/mol. The third-order valence-corrected chi connectivity index (χ3v) is 2.74. The highest BCUT2D eigenvalue weighted by Gasteiger charge is 2.10. The molecule has 3 nitrogen and oxygen atoms in total. The van der Waals surface area contributed by atoms with Crippen LogP contribution in [0.5, 0.6) is 0 Å². The molecule has 0 aliphatic carbocycles. The Labute approximate surface area is 101 Å². The van der Waals surface area contributed by atoms with E-state index >= 15 is 0 Å². The minimum absolute atomic E-state index is 0.174. The van der Waals surface area contributed by atoms with E-state index in [1.807, 2.05) is 6.92 Å². The standard InChI is InChI=1S/C13H19FN2O/c1-4-11(15)13(17)16-7-10-5-8(2)12(14)9(3)6-10/h5-6,11H,4,7,15H2,1-3H3,(H,16,17)/t11-/m1/s1. The van der Waals surface area contributed by atoms with Gasteiger partial charge in [-0.2, -0.15) is 0 Å². The summed E-state index contributed by atoms with van der Waals surface area (Å²) in [5.74, 6) is -0.363. The summed E-state index contributed by atoms with van der Waals surface area (Å²) >= 11 is 0. The lowest BCUT2D eigenvalue weighted by Crippen LogP contribution is -2.39. The minimum Gasteiger partial charge on any atom is -0.351 e. The number of benzene rings is 1. The summed E-state index contributed by atoms with van der Waals surface area (Å²) in [5, 5.41) is 2.74. The maximum absolute atomic E-state index is 13.4. The van der Waals surface area contributed by atoms with Crippen LogP contribution in [0, 0.1) is 19.7 Å². The van der Waals surface area contributed by atoms with Crippen LogP contribution in [0.2, 0.25) is 0 Å². The molecule has 94 valence electrons. The first-order valence-electron chi connectivity index (χ1n) is 5.74. The Morgan fingerprint density at radius 1 is 1.41 bits per heavy atom. The van der Waals surface area contributed by atoms with E-state index in [0.29, 0.717) is 24.1 Å². The largest absolute Gasteiger partial charge is 0.351 e. The van der Waals surface area contributed by atoms with Crippen LogP contribution in [-0.4, -0.2) is 11.9 Å². The van der Waals surface area contributed by atoms with Crippen LogP contribution in [0.15, 0.2) is 12.1 Å². The highest BCUT2D eigenvalue weighted by atomic mass is 19.1. The van der Waals surface area contributed by atoms with Gasteiger partial charge in [0.1, 0.15) is 5.82 Å². The molecule has 1 aromatic carbocycles. The second-order valence-electron chi connectivity index (χ2n) is 4.28. The summed E-state index contributed by atoms with van der Waals surface area (Å²) in [5.41, 5.74) is 7.66. The van der Waals surface area contributed by atoms with Gasteiger partial charge in [0.2, 0.25) is 5.91 Å². The fraction of sp³-hybridized carbons (Fsp3) is 0.462. The van der Waals surface area contributed by atoms with E-state index in [4.69, 9.17) is 5.73 Å². The monoisotopic (exact) mass is 238 g/mol. The topological polar surface area (TPSA) is 55.1 Å². The molecule has 0 spiro atoms. The molecule has 1 aromatic rings. The van der Waals surface area contributed by atoms with E-state index < -0.39 is 6.04 Å². The molecule has 1 atom stereocenters. The Kier molecular flexibility index (Phi) is 4.63. The lowest BCUT2D eigenvalue weighted by molar-refractivity contribution is -0.122. The second kappa shape index (κ2) is 5.77. The molecule has 0 aromatic heterocycles. The zero-order chi connectivity index (χ0) is 13.0. The maximum Gasteiger partial charge on any atom is 0.237 e. The first kappa shape index (κ1) is 13.6. The van der Waals surface area contributed by atoms with Crippen molar-refractivity contribution in [2.45, 2.75) is 39.8 Å². The van der Waals surface area contributed by atoms with Gasteiger partial charge in [-0.25, -0.2) is 4.39 Å². The van der Waals surface area contributed by atoms with Crippen LogP contribution >= 0.6 is 0 Å². The van der Waals surface area contributed by atoms with Gasteiger partial charge < -0.3 is 11.1 Å². The van der Waals surface area contributed by atoms with Gasteiger partial charge in [0.05, 0.1) is 6.04 Å². The van der Waals surface area contributed by atoms with E-state index in [-0.39, 0.29) is 11.7 Å². The number of amides is 1. The number of aryl methyl sites for hydroxylation is 2. The summed E-state index contributed by atoms with van der Waals surface area (Å²) in [6.07, 6.45) is 0.604. The molecule has 0 aliphatic heterocycles. The fourth-order valence-electron chi connectivity index (χ4n) is 1.64. The number of rotatable bonds is 4. The molecular weight excluding hydrogens is 219 g/mol. The van der Waals surface area contributed by atoms with Gasteiger partial charge in [-0.15, -0.1) is 0 Å². The van der Waals surface area contributed by atoms with Crippen LogP contribution in [0.3, 0.4) is 0 Å². The molecule has 0 radical (unpaired) electrons. The predicted octanol–water partition coefficient (Wildman–Crippen LogP) is 1.80. The zero-order valence-electron chi connectivity index (χ0n) is 10.5. The van der Waals surface area contributed by atoms with Crippen LogP contribution in [0.1, 0.15) is 30.0 Å². The molecule has 0 heterocycles. The third kappa shape index (κ3) is 3.53. The number of nitrogens with one attached hydrogen (secondary N) is 1. The van der Waals surface area contributed by atoms with Crippen molar-refractivity contribution in [2.75, 3.05) is 0 Å². The van der Waals surface area contributed by atoms with E-state index in [1.165, 1.54) is 0 Å². The first-order chi connectivity index (χ1) is 7.95. The van der Waals surface area contributed by atoms with E-state index in [0.717, 1.165) is 5.56 Å². The molecule has 0 bridgehead atoms. The Hall–Kier alpha value is -1.42. The average Bonchev–Trinajstić information content (AvgIpc) is 2.31. The summed E-state index contributed by atoms with van der Waals surface area (Å²) in [4.78, 5) is 11.5. The highest BCUT2D eigenvalue weighted by Crippen LogP contribution is 2.14. The lowest BCUT2D eigenvalue weighted by Gasteiger charge is -2.11. The van der Waals surface area contributed by atoms with Crippen LogP contribution in [0.25, 0.3) is 0 Å². The number of carbonyl (C=O) groups is 1. The number of hydrogen-bond acceptors (Lipinski definition) is 2. The SMILES string of the molecule is CC[C@@H](N)C(=O)NCc1cc(C)c(F)c(C)c1. The normalized spacial score (nSPS) is 12.3. The second-order valence-corrected chi connectivity index (χ2v) is 4.28. The van der Waals surface area contributed by atoms with Crippen LogP contribution in [0.4, 0.5) is 4.39 Å². The maximum atomic E-state index is 13.4. The van der Waals surface area contributed by atoms with Crippen molar-refractivity contribution in [1.82, 2.24) is 5.32 Å². The summed E-state index contributed by atoms with van der Waals surface area (Å²) in [6.45, 7) is 5.67. The molecule has 0 aliphatic rings. The minimum atomic E-state index is -0.474. The summed E-state index contributed by atoms with van der Waals surface area (Å²) in [6, 6.07) is 3.00. The Bertz CT molecular complexity index is 395.